The molecule has 0 bridgehead atoms. The minimum absolute atomic E-state index is 0.115. The molecule has 0 aliphatic heterocycles. The molecule has 7 nitrogen and oxygen atoms in total. The number of rotatable bonds is 6. The normalized spacial score (nSPS) is 11.7. The summed E-state index contributed by atoms with van der Waals surface area (Å²) >= 11 is 0. The van der Waals surface area contributed by atoms with Crippen molar-refractivity contribution in [1.29, 1.82) is 0 Å². The van der Waals surface area contributed by atoms with E-state index in [1.54, 1.807) is 25.5 Å². The molecule has 0 spiro atoms. The van der Waals surface area contributed by atoms with Gasteiger partial charge >= 0.3 is 5.97 Å². The lowest BCUT2D eigenvalue weighted by Crippen LogP contribution is -2.32. The van der Waals surface area contributed by atoms with Gasteiger partial charge < -0.3 is 9.30 Å². The molecule has 0 aliphatic carbocycles. The molecule has 0 N–H and O–H groups in total. The average molecular weight is 396 g/mol. The molecule has 1 aromatic heterocycles. The van der Waals surface area contributed by atoms with Crippen LogP contribution in [0.2, 0.25) is 0 Å². The van der Waals surface area contributed by atoms with E-state index in [9.17, 15) is 22.4 Å². The zero-order valence-electron chi connectivity index (χ0n) is 15.7. The number of carbonyl (C=O) groups is 2. The Kier molecular flexibility index (Phi) is 5.86. The Balaban J connectivity index is 2.35. The van der Waals surface area contributed by atoms with Crippen molar-refractivity contribution in [3.63, 3.8) is 0 Å². The number of carbonyl (C=O) groups excluding carboxylic acids is 2. The highest BCUT2D eigenvalue weighted by molar-refractivity contribution is 7.89. The second-order valence-electron chi connectivity index (χ2n) is 6.12. The number of nitrogens with zero attached hydrogens (tertiary/aromatic N) is 2. The van der Waals surface area contributed by atoms with Gasteiger partial charge in [-0.2, -0.15) is 4.31 Å². The highest BCUT2D eigenvalue weighted by Crippen LogP contribution is 2.23. The Labute approximate surface area is 157 Å². The van der Waals surface area contributed by atoms with Gasteiger partial charge in [0, 0.05) is 25.4 Å². The Morgan fingerprint density at radius 1 is 1.19 bits per heavy atom. The summed E-state index contributed by atoms with van der Waals surface area (Å²) in [6, 6.07) is 4.35. The van der Waals surface area contributed by atoms with E-state index in [2.05, 4.69) is 0 Å². The lowest BCUT2D eigenvalue weighted by Gasteiger charge is -2.16. The van der Waals surface area contributed by atoms with Crippen LogP contribution in [0, 0.1) is 19.7 Å². The molecule has 0 unspecified atom stereocenters. The maximum absolute atomic E-state index is 13.0. The van der Waals surface area contributed by atoms with E-state index in [0.29, 0.717) is 11.3 Å². The average Bonchev–Trinajstić information content (AvgIpc) is 2.83. The Morgan fingerprint density at radius 3 is 2.26 bits per heavy atom. The number of Topliss-reactive ketones (excluding diaryl/α,β-unsaturated/α-hetero) is 1. The fourth-order valence-corrected chi connectivity index (χ4v) is 4.05. The van der Waals surface area contributed by atoms with Gasteiger partial charge in [0.15, 0.2) is 5.78 Å². The Morgan fingerprint density at radius 2 is 1.74 bits per heavy atom. The summed E-state index contributed by atoms with van der Waals surface area (Å²) in [6.45, 7) is 2.86. The molecule has 1 heterocycles. The van der Waals surface area contributed by atoms with E-state index in [-0.39, 0.29) is 16.2 Å². The van der Waals surface area contributed by atoms with E-state index in [1.807, 2.05) is 0 Å². The van der Waals surface area contributed by atoms with Gasteiger partial charge in [-0.1, -0.05) is 0 Å². The van der Waals surface area contributed by atoms with Gasteiger partial charge in [-0.25, -0.2) is 17.6 Å². The van der Waals surface area contributed by atoms with Crippen LogP contribution in [0.3, 0.4) is 0 Å². The SMILES string of the molecule is COC(=O)c1c(C)c(C(=O)CN(C)S(=O)(=O)c2ccc(F)cc2)c(C)n1C. The van der Waals surface area contributed by atoms with Crippen molar-refractivity contribution in [2.75, 3.05) is 20.7 Å². The summed E-state index contributed by atoms with van der Waals surface area (Å²) in [6.07, 6.45) is 0. The van der Waals surface area contributed by atoms with Gasteiger partial charge in [0.1, 0.15) is 11.5 Å². The molecule has 0 atom stereocenters. The van der Waals surface area contributed by atoms with Crippen LogP contribution in [-0.2, 0) is 21.8 Å². The number of benzene rings is 1. The summed E-state index contributed by atoms with van der Waals surface area (Å²) in [5.74, 6) is -1.59. The molecule has 0 radical (unpaired) electrons. The van der Waals surface area contributed by atoms with E-state index in [0.717, 1.165) is 28.6 Å². The van der Waals surface area contributed by atoms with Crippen molar-refractivity contribution in [2.24, 2.45) is 7.05 Å². The summed E-state index contributed by atoms with van der Waals surface area (Å²) in [5.41, 5.74) is 1.48. The second-order valence-corrected chi connectivity index (χ2v) is 8.17. The van der Waals surface area contributed by atoms with E-state index < -0.39 is 34.1 Å². The first-order valence-electron chi connectivity index (χ1n) is 8.01. The van der Waals surface area contributed by atoms with Gasteiger partial charge in [0.05, 0.1) is 18.6 Å². The molecule has 0 amide bonds. The molecular formula is C18H21FN2O5S. The lowest BCUT2D eigenvalue weighted by atomic mass is 10.1. The first kappa shape index (κ1) is 20.8. The molecule has 2 rings (SSSR count). The number of sulfonamides is 1. The minimum Gasteiger partial charge on any atom is -0.464 e. The molecule has 0 saturated heterocycles. The van der Waals surface area contributed by atoms with Crippen molar-refractivity contribution in [1.82, 2.24) is 8.87 Å². The largest absolute Gasteiger partial charge is 0.464 e. The summed E-state index contributed by atoms with van der Waals surface area (Å²) in [4.78, 5) is 24.6. The van der Waals surface area contributed by atoms with Crippen molar-refractivity contribution >= 4 is 21.8 Å². The van der Waals surface area contributed by atoms with Crippen molar-refractivity contribution in [2.45, 2.75) is 18.7 Å². The fourth-order valence-electron chi connectivity index (χ4n) is 2.93. The maximum atomic E-state index is 13.0. The zero-order valence-corrected chi connectivity index (χ0v) is 16.6. The zero-order chi connectivity index (χ0) is 20.5. The Hall–Kier alpha value is -2.52. The smallest absolute Gasteiger partial charge is 0.354 e. The predicted molar refractivity (Wildman–Crippen MR) is 96.8 cm³/mol. The van der Waals surface area contributed by atoms with Crippen LogP contribution in [0.1, 0.15) is 32.1 Å². The molecule has 0 aliphatic rings. The maximum Gasteiger partial charge on any atom is 0.354 e. The van der Waals surface area contributed by atoms with Crippen LogP contribution in [0.5, 0.6) is 0 Å². The van der Waals surface area contributed by atoms with Gasteiger partial charge in [-0.15, -0.1) is 0 Å². The van der Waals surface area contributed by atoms with Gasteiger partial charge in [-0.3, -0.25) is 4.79 Å². The predicted octanol–water partition coefficient (Wildman–Crippen LogP) is 2.07. The molecule has 0 fully saturated rings. The monoisotopic (exact) mass is 396 g/mol. The Bertz CT molecular complexity index is 994. The van der Waals surface area contributed by atoms with Crippen LogP contribution in [0.15, 0.2) is 29.2 Å². The summed E-state index contributed by atoms with van der Waals surface area (Å²) in [5, 5.41) is 0. The molecule has 1 aromatic carbocycles. The molecule has 0 saturated carbocycles. The lowest BCUT2D eigenvalue weighted by molar-refractivity contribution is 0.0588. The number of likely N-dealkylation sites (N-methyl/N-ethyl adjacent to an activating group) is 1. The standard InChI is InChI=1S/C18H21FN2O5S/c1-11-16(12(2)21(4)17(11)18(23)26-5)15(22)10-20(3)27(24,25)14-8-6-13(19)7-9-14/h6-9H,10H2,1-5H3. The van der Waals surface area contributed by atoms with Crippen molar-refractivity contribution in [3.8, 4) is 0 Å². The minimum atomic E-state index is -3.96. The van der Waals surface area contributed by atoms with Gasteiger partial charge in [0.2, 0.25) is 10.0 Å². The number of esters is 1. The first-order valence-corrected chi connectivity index (χ1v) is 9.45. The third kappa shape index (κ3) is 3.79. The number of hydrogen-bond donors (Lipinski definition) is 0. The number of ether oxygens (including phenoxy) is 1. The van der Waals surface area contributed by atoms with Gasteiger partial charge in [0.25, 0.3) is 0 Å². The highest BCUT2D eigenvalue weighted by Gasteiger charge is 2.29. The quantitative estimate of drug-likeness (QED) is 0.551. The summed E-state index contributed by atoms with van der Waals surface area (Å²) < 4.78 is 45.4. The van der Waals surface area contributed by atoms with E-state index >= 15 is 0 Å². The van der Waals surface area contributed by atoms with Crippen LogP contribution in [0.4, 0.5) is 4.39 Å². The van der Waals surface area contributed by atoms with E-state index in [4.69, 9.17) is 4.74 Å². The van der Waals surface area contributed by atoms with Crippen LogP contribution >= 0.6 is 0 Å². The van der Waals surface area contributed by atoms with Crippen molar-refractivity contribution in [3.05, 3.63) is 52.6 Å². The fraction of sp³-hybridized carbons (Fsp3) is 0.333. The molecule has 146 valence electrons. The molecule has 9 heteroatoms. The van der Waals surface area contributed by atoms with E-state index in [1.165, 1.54) is 14.2 Å². The first-order chi connectivity index (χ1) is 12.5. The van der Waals surface area contributed by atoms with Crippen LogP contribution < -0.4 is 0 Å². The van der Waals surface area contributed by atoms with Crippen LogP contribution in [-0.4, -0.2) is 49.7 Å². The number of halogens is 1. The summed E-state index contributed by atoms with van der Waals surface area (Å²) in [7, 11) is 0.182. The highest BCUT2D eigenvalue weighted by atomic mass is 32.2. The molecule has 27 heavy (non-hydrogen) atoms. The number of methoxy groups -OCH3 is 1. The van der Waals surface area contributed by atoms with Crippen LogP contribution in [0.25, 0.3) is 0 Å². The molecule has 2 aromatic rings. The van der Waals surface area contributed by atoms with Crippen molar-refractivity contribution < 1.29 is 27.1 Å². The topological polar surface area (TPSA) is 85.7 Å². The second kappa shape index (κ2) is 7.61. The third-order valence-corrected chi connectivity index (χ3v) is 6.29. The molecular weight excluding hydrogens is 375 g/mol. The van der Waals surface area contributed by atoms with Gasteiger partial charge in [-0.05, 0) is 43.7 Å². The number of aromatic nitrogens is 1. The number of hydrogen-bond acceptors (Lipinski definition) is 5. The third-order valence-electron chi connectivity index (χ3n) is 4.48. The number of ketones is 1.